The number of aromatic nitrogens is 3. The van der Waals surface area contributed by atoms with E-state index in [9.17, 15) is 9.59 Å². The Morgan fingerprint density at radius 1 is 1.19 bits per heavy atom. The quantitative estimate of drug-likeness (QED) is 0.486. The minimum Gasteiger partial charge on any atom is -0.444 e. The minimum atomic E-state index is -0.493. The predicted octanol–water partition coefficient (Wildman–Crippen LogP) is 3.89. The molecule has 0 unspecified atom stereocenters. The predicted molar refractivity (Wildman–Crippen MR) is 130 cm³/mol. The summed E-state index contributed by atoms with van der Waals surface area (Å²) in [6.07, 6.45) is 1.37. The van der Waals surface area contributed by atoms with Gasteiger partial charge in [0.15, 0.2) is 0 Å². The molecule has 1 fully saturated rings. The summed E-state index contributed by atoms with van der Waals surface area (Å²) in [4.78, 5) is 39.4. The molecule has 3 heterocycles. The maximum atomic E-state index is 12.3. The van der Waals surface area contributed by atoms with Gasteiger partial charge in [0.25, 0.3) is 5.56 Å². The number of hydrogen-bond acceptors (Lipinski definition) is 5. The number of carbonyl (C=O) groups is 1. The molecule has 0 aliphatic carbocycles. The molecule has 9 heteroatoms. The molecule has 1 amide bonds. The van der Waals surface area contributed by atoms with Crippen molar-refractivity contribution in [2.45, 2.75) is 33.3 Å². The summed E-state index contributed by atoms with van der Waals surface area (Å²) in [7, 11) is 0. The van der Waals surface area contributed by atoms with Crippen molar-refractivity contribution in [2.75, 3.05) is 31.1 Å². The van der Waals surface area contributed by atoms with E-state index in [0.29, 0.717) is 24.5 Å². The number of fused-ring (bicyclic) bond motifs is 1. The van der Waals surface area contributed by atoms with Crippen LogP contribution in [0.4, 0.5) is 10.5 Å². The highest BCUT2D eigenvalue weighted by molar-refractivity contribution is 14.1. The van der Waals surface area contributed by atoms with Gasteiger partial charge in [-0.15, -0.1) is 0 Å². The third-order valence-corrected chi connectivity index (χ3v) is 6.10. The largest absolute Gasteiger partial charge is 0.444 e. The van der Waals surface area contributed by atoms with Gasteiger partial charge in [0.1, 0.15) is 11.4 Å². The van der Waals surface area contributed by atoms with Crippen LogP contribution in [0.3, 0.4) is 0 Å². The molecular formula is C22H26IN5O3. The number of nitrogens with one attached hydrogen (secondary N) is 2. The molecule has 0 saturated carbocycles. The van der Waals surface area contributed by atoms with Crippen LogP contribution in [0.15, 0.2) is 29.2 Å². The maximum Gasteiger partial charge on any atom is 0.410 e. The number of carbonyl (C=O) groups excluding carboxylic acids is 1. The average molecular weight is 535 g/mol. The van der Waals surface area contributed by atoms with Crippen LogP contribution in [0, 0.1) is 10.5 Å². The van der Waals surface area contributed by atoms with E-state index in [2.05, 4.69) is 49.6 Å². The zero-order valence-corrected chi connectivity index (χ0v) is 20.2. The van der Waals surface area contributed by atoms with Gasteiger partial charge in [0, 0.05) is 41.6 Å². The van der Waals surface area contributed by atoms with Gasteiger partial charge in [-0.05, 0) is 74.0 Å². The molecule has 164 valence electrons. The van der Waals surface area contributed by atoms with E-state index in [4.69, 9.17) is 9.72 Å². The Labute approximate surface area is 194 Å². The SMILES string of the molecule is Cc1cc(N2CCN(C(=O)OC(C)(C)C)CC2)cc2[nH]c(-c3c(I)cc[nH]c3=O)nc12. The number of nitrogens with zero attached hydrogens (tertiary/aromatic N) is 3. The van der Waals surface area contributed by atoms with Crippen molar-refractivity contribution in [1.82, 2.24) is 19.9 Å². The molecule has 1 aliphatic heterocycles. The first-order chi connectivity index (χ1) is 14.6. The number of benzene rings is 1. The van der Waals surface area contributed by atoms with Crippen molar-refractivity contribution in [2.24, 2.45) is 0 Å². The zero-order chi connectivity index (χ0) is 22.3. The molecule has 31 heavy (non-hydrogen) atoms. The number of H-pyrrole nitrogens is 2. The monoisotopic (exact) mass is 535 g/mol. The van der Waals surface area contributed by atoms with Crippen LogP contribution in [-0.4, -0.2) is 57.7 Å². The number of amides is 1. The van der Waals surface area contributed by atoms with Crippen LogP contribution < -0.4 is 10.5 Å². The molecule has 0 spiro atoms. The van der Waals surface area contributed by atoms with E-state index in [1.165, 1.54) is 0 Å². The number of piperazine rings is 1. The average Bonchev–Trinajstić information content (AvgIpc) is 3.11. The smallest absolute Gasteiger partial charge is 0.410 e. The van der Waals surface area contributed by atoms with Crippen molar-refractivity contribution in [1.29, 1.82) is 0 Å². The van der Waals surface area contributed by atoms with Gasteiger partial charge in [-0.2, -0.15) is 0 Å². The summed E-state index contributed by atoms with van der Waals surface area (Å²) in [6.45, 7) is 10.3. The third kappa shape index (κ3) is 4.56. The third-order valence-electron chi connectivity index (χ3n) is 5.21. The van der Waals surface area contributed by atoms with Crippen LogP contribution in [0.1, 0.15) is 26.3 Å². The van der Waals surface area contributed by atoms with Gasteiger partial charge >= 0.3 is 6.09 Å². The highest BCUT2D eigenvalue weighted by atomic mass is 127. The van der Waals surface area contributed by atoms with Crippen molar-refractivity contribution >= 4 is 45.4 Å². The van der Waals surface area contributed by atoms with Gasteiger partial charge < -0.3 is 24.5 Å². The number of aryl methyl sites for hydroxylation is 1. The molecular weight excluding hydrogens is 509 g/mol. The van der Waals surface area contributed by atoms with Crippen molar-refractivity contribution in [3.05, 3.63) is 43.9 Å². The Balaban J connectivity index is 1.56. The molecule has 1 saturated heterocycles. The highest BCUT2D eigenvalue weighted by Crippen LogP contribution is 2.28. The van der Waals surface area contributed by atoms with Crippen molar-refractivity contribution < 1.29 is 9.53 Å². The fourth-order valence-electron chi connectivity index (χ4n) is 3.72. The first-order valence-electron chi connectivity index (χ1n) is 10.2. The standard InChI is InChI=1S/C22H26IN5O3/c1-13-11-14(27-7-9-28(10-8-27)21(30)31-22(2,3)4)12-16-18(13)26-19(25-16)17-15(23)5-6-24-20(17)29/h5-6,11-12H,7-10H2,1-4H3,(H,24,29)(H,25,26). The second-order valence-corrected chi connectivity index (χ2v) is 9.89. The van der Waals surface area contributed by atoms with E-state index in [0.717, 1.165) is 38.9 Å². The first kappa shape index (κ1) is 21.7. The molecule has 2 aromatic heterocycles. The molecule has 0 bridgehead atoms. The Hall–Kier alpha value is -2.56. The van der Waals surface area contributed by atoms with E-state index in [1.54, 1.807) is 11.1 Å². The van der Waals surface area contributed by atoms with Crippen LogP contribution in [-0.2, 0) is 4.74 Å². The minimum absolute atomic E-state index is 0.165. The number of pyridine rings is 1. The Bertz CT molecular complexity index is 1190. The molecule has 2 N–H and O–H groups in total. The normalized spacial score (nSPS) is 14.9. The fraction of sp³-hybridized carbons (Fsp3) is 0.409. The molecule has 0 atom stereocenters. The summed E-state index contributed by atoms with van der Waals surface area (Å²) in [5, 5.41) is 0. The van der Waals surface area contributed by atoms with Gasteiger partial charge in [-0.3, -0.25) is 4.79 Å². The Kier molecular flexibility index (Phi) is 5.71. The second-order valence-electron chi connectivity index (χ2n) is 8.73. The van der Waals surface area contributed by atoms with E-state index in [-0.39, 0.29) is 11.7 Å². The zero-order valence-electron chi connectivity index (χ0n) is 18.1. The van der Waals surface area contributed by atoms with Crippen LogP contribution in [0.2, 0.25) is 0 Å². The first-order valence-corrected chi connectivity index (χ1v) is 11.3. The number of rotatable bonds is 2. The second kappa shape index (κ2) is 8.18. The van der Waals surface area contributed by atoms with Crippen molar-refractivity contribution in [3.8, 4) is 11.4 Å². The number of aromatic amines is 2. The molecule has 0 radical (unpaired) electrons. The van der Waals surface area contributed by atoms with Gasteiger partial charge in [0.05, 0.1) is 16.6 Å². The van der Waals surface area contributed by atoms with Crippen LogP contribution in [0.5, 0.6) is 0 Å². The Morgan fingerprint density at radius 2 is 1.90 bits per heavy atom. The summed E-state index contributed by atoms with van der Waals surface area (Å²) in [5.41, 5.74) is 3.73. The molecule has 4 rings (SSSR count). The molecule has 1 aliphatic rings. The maximum absolute atomic E-state index is 12.3. The molecule has 3 aromatic rings. The topological polar surface area (TPSA) is 94.3 Å². The fourth-order valence-corrected chi connectivity index (χ4v) is 4.40. The summed E-state index contributed by atoms with van der Waals surface area (Å²) < 4.78 is 6.33. The van der Waals surface area contributed by atoms with E-state index >= 15 is 0 Å². The molecule has 8 nitrogen and oxygen atoms in total. The van der Waals surface area contributed by atoms with E-state index in [1.807, 2.05) is 33.8 Å². The summed E-state index contributed by atoms with van der Waals surface area (Å²) >= 11 is 2.15. The summed E-state index contributed by atoms with van der Waals surface area (Å²) in [6, 6.07) is 6.02. The lowest BCUT2D eigenvalue weighted by Crippen LogP contribution is -2.50. The number of imidazole rings is 1. The van der Waals surface area contributed by atoms with E-state index < -0.39 is 5.60 Å². The summed E-state index contributed by atoms with van der Waals surface area (Å²) in [5.74, 6) is 0.566. The van der Waals surface area contributed by atoms with Crippen LogP contribution >= 0.6 is 22.6 Å². The lowest BCUT2D eigenvalue weighted by atomic mass is 10.1. The number of ether oxygens (including phenoxy) is 1. The Morgan fingerprint density at radius 3 is 2.55 bits per heavy atom. The number of hydrogen-bond donors (Lipinski definition) is 2. The van der Waals surface area contributed by atoms with Crippen molar-refractivity contribution in [3.63, 3.8) is 0 Å². The van der Waals surface area contributed by atoms with Crippen LogP contribution in [0.25, 0.3) is 22.4 Å². The number of halogens is 1. The lowest BCUT2D eigenvalue weighted by molar-refractivity contribution is 0.0240. The van der Waals surface area contributed by atoms with Gasteiger partial charge in [-0.1, -0.05) is 0 Å². The van der Waals surface area contributed by atoms with Gasteiger partial charge in [0.2, 0.25) is 0 Å². The van der Waals surface area contributed by atoms with Gasteiger partial charge in [-0.25, -0.2) is 9.78 Å². The number of anilines is 1. The lowest BCUT2D eigenvalue weighted by Gasteiger charge is -2.36. The highest BCUT2D eigenvalue weighted by Gasteiger charge is 2.26. The molecule has 1 aromatic carbocycles.